The summed E-state index contributed by atoms with van der Waals surface area (Å²) < 4.78 is 26.3. The van der Waals surface area contributed by atoms with E-state index in [2.05, 4.69) is 25.5 Å². The number of aryl methyl sites for hydroxylation is 1. The first-order valence-electron chi connectivity index (χ1n) is 10.8. The highest BCUT2D eigenvalue weighted by molar-refractivity contribution is 7.92. The van der Waals surface area contributed by atoms with Crippen molar-refractivity contribution in [2.75, 3.05) is 37.2 Å². The van der Waals surface area contributed by atoms with Crippen molar-refractivity contribution in [2.24, 2.45) is 0 Å². The Morgan fingerprint density at radius 1 is 0.815 bits per heavy atom. The van der Waals surface area contributed by atoms with E-state index in [1.807, 2.05) is 24.3 Å². The van der Waals surface area contributed by atoms with Crippen LogP contribution in [0.5, 0.6) is 0 Å². The Bertz CT molecular complexity index is 608. The summed E-state index contributed by atoms with van der Waals surface area (Å²) in [6, 6.07) is 7.77. The molecule has 0 radical (unpaired) electrons. The first kappa shape index (κ1) is 24.0. The lowest BCUT2D eigenvalue weighted by molar-refractivity contribution is -0.925. The maximum Gasteiger partial charge on any atom is 0.229 e. The Labute approximate surface area is 168 Å². The summed E-state index contributed by atoms with van der Waals surface area (Å²) in [5.41, 5.74) is 1.91. The molecule has 27 heavy (non-hydrogen) atoms. The number of quaternary nitrogens is 1. The highest BCUT2D eigenvalue weighted by Gasteiger charge is 2.21. The zero-order chi connectivity index (χ0) is 20.2. The zero-order valence-electron chi connectivity index (χ0n) is 18.0. The molecule has 1 aromatic rings. The van der Waals surface area contributed by atoms with E-state index in [0.29, 0.717) is 5.69 Å². The highest BCUT2D eigenvalue weighted by atomic mass is 32.2. The third-order valence-electron chi connectivity index (χ3n) is 5.68. The van der Waals surface area contributed by atoms with E-state index in [-0.39, 0.29) is 0 Å². The van der Waals surface area contributed by atoms with Gasteiger partial charge in [-0.2, -0.15) is 0 Å². The van der Waals surface area contributed by atoms with Crippen LogP contribution in [0.4, 0.5) is 5.69 Å². The number of unbranched alkanes of at least 4 members (excludes halogenated alkanes) is 5. The maximum atomic E-state index is 11.3. The van der Waals surface area contributed by atoms with Crippen LogP contribution >= 0.6 is 0 Å². The molecule has 1 N–H and O–H groups in total. The Balaban J connectivity index is 2.38. The minimum absolute atomic E-state index is 0.636. The van der Waals surface area contributed by atoms with Crippen molar-refractivity contribution in [1.29, 1.82) is 0 Å². The van der Waals surface area contributed by atoms with Crippen LogP contribution in [0.2, 0.25) is 0 Å². The third-order valence-corrected chi connectivity index (χ3v) is 6.29. The monoisotopic (exact) mass is 397 g/mol. The Morgan fingerprint density at radius 3 is 1.89 bits per heavy atom. The highest BCUT2D eigenvalue weighted by Crippen LogP contribution is 2.16. The second-order valence-electron chi connectivity index (χ2n) is 7.86. The van der Waals surface area contributed by atoms with Crippen molar-refractivity contribution in [3.05, 3.63) is 29.8 Å². The van der Waals surface area contributed by atoms with Crippen LogP contribution in [0, 0.1) is 0 Å². The number of hydrogen-bond acceptors (Lipinski definition) is 2. The Kier molecular flexibility index (Phi) is 11.0. The average molecular weight is 398 g/mol. The first-order valence-corrected chi connectivity index (χ1v) is 12.6. The average Bonchev–Trinajstić information content (AvgIpc) is 2.63. The van der Waals surface area contributed by atoms with Crippen molar-refractivity contribution in [2.45, 2.75) is 72.1 Å². The van der Waals surface area contributed by atoms with E-state index in [4.69, 9.17) is 0 Å². The molecular weight excluding hydrogens is 356 g/mol. The van der Waals surface area contributed by atoms with Crippen molar-refractivity contribution in [3.63, 3.8) is 0 Å². The molecular formula is C22H41N2O2S+. The molecule has 0 bridgehead atoms. The summed E-state index contributed by atoms with van der Waals surface area (Å²) in [5, 5.41) is 0. The van der Waals surface area contributed by atoms with Crippen molar-refractivity contribution >= 4 is 15.7 Å². The maximum absolute atomic E-state index is 11.3. The number of hydrogen-bond donors (Lipinski definition) is 1. The molecule has 5 heteroatoms. The summed E-state index contributed by atoms with van der Waals surface area (Å²) in [4.78, 5) is 0. The van der Waals surface area contributed by atoms with Crippen molar-refractivity contribution in [3.8, 4) is 0 Å². The van der Waals surface area contributed by atoms with Crippen LogP contribution in [0.1, 0.15) is 71.3 Å². The molecule has 0 amide bonds. The Hall–Kier alpha value is -1.07. The lowest BCUT2D eigenvalue weighted by Crippen LogP contribution is -2.49. The molecule has 0 aromatic heterocycles. The van der Waals surface area contributed by atoms with Crippen LogP contribution in [0.25, 0.3) is 0 Å². The minimum atomic E-state index is -3.20. The molecule has 4 nitrogen and oxygen atoms in total. The normalized spacial score (nSPS) is 12.3. The lowest BCUT2D eigenvalue weighted by Gasteiger charge is -2.37. The topological polar surface area (TPSA) is 46.2 Å². The van der Waals surface area contributed by atoms with E-state index in [1.54, 1.807) is 0 Å². The second kappa shape index (κ2) is 12.4. The fourth-order valence-electron chi connectivity index (χ4n) is 3.75. The largest absolute Gasteiger partial charge is 0.324 e. The van der Waals surface area contributed by atoms with Crippen LogP contribution in [0.15, 0.2) is 24.3 Å². The van der Waals surface area contributed by atoms with Gasteiger partial charge in [-0.25, -0.2) is 8.42 Å². The van der Waals surface area contributed by atoms with Crippen LogP contribution in [-0.2, 0) is 16.4 Å². The second-order valence-corrected chi connectivity index (χ2v) is 9.61. The number of nitrogens with one attached hydrogen (secondary N) is 1. The predicted octanol–water partition coefficient (Wildman–Crippen LogP) is 5.21. The predicted molar refractivity (Wildman–Crippen MR) is 118 cm³/mol. The molecule has 0 saturated carbocycles. The molecule has 0 heterocycles. The number of anilines is 1. The number of rotatable bonds is 15. The van der Waals surface area contributed by atoms with Gasteiger partial charge in [0.1, 0.15) is 0 Å². The van der Waals surface area contributed by atoms with E-state index >= 15 is 0 Å². The van der Waals surface area contributed by atoms with Crippen molar-refractivity contribution < 1.29 is 12.9 Å². The molecule has 0 aliphatic heterocycles. The molecule has 0 fully saturated rings. The number of nitrogens with zero attached hydrogens (tertiary/aromatic N) is 1. The van der Waals surface area contributed by atoms with Gasteiger partial charge in [0.15, 0.2) is 0 Å². The molecule has 0 atom stereocenters. The molecule has 0 spiro atoms. The lowest BCUT2D eigenvalue weighted by atomic mass is 10.1. The minimum Gasteiger partial charge on any atom is -0.324 e. The molecule has 156 valence electrons. The van der Waals surface area contributed by atoms with Gasteiger partial charge in [0.25, 0.3) is 0 Å². The fraction of sp³-hybridized carbons (Fsp3) is 0.727. The number of benzene rings is 1. The summed E-state index contributed by atoms with van der Waals surface area (Å²) in [7, 11) is -3.20. The molecule has 0 aliphatic rings. The van der Waals surface area contributed by atoms with Gasteiger partial charge in [-0.15, -0.1) is 0 Å². The van der Waals surface area contributed by atoms with E-state index in [1.165, 1.54) is 87.4 Å². The van der Waals surface area contributed by atoms with Gasteiger partial charge in [0.2, 0.25) is 10.0 Å². The summed E-state index contributed by atoms with van der Waals surface area (Å²) in [5.74, 6) is 0. The smallest absolute Gasteiger partial charge is 0.229 e. The quantitative estimate of drug-likeness (QED) is 0.326. The van der Waals surface area contributed by atoms with Gasteiger partial charge >= 0.3 is 0 Å². The van der Waals surface area contributed by atoms with Gasteiger partial charge in [-0.3, -0.25) is 4.72 Å². The molecule has 0 aliphatic carbocycles. The summed E-state index contributed by atoms with van der Waals surface area (Å²) in [6.07, 6.45) is 11.5. The standard InChI is InChI=1S/C22H41N2O2S/c1-5-8-9-10-12-19-24(6-2,7-3)20-13-11-14-21-15-17-22(18-16-21)23-27(4,25)26/h15-18,23H,5-14,19-20H2,1-4H3/q+1. The molecule has 0 unspecified atom stereocenters. The van der Waals surface area contributed by atoms with Crippen LogP contribution < -0.4 is 4.72 Å². The van der Waals surface area contributed by atoms with Gasteiger partial charge < -0.3 is 4.48 Å². The van der Waals surface area contributed by atoms with Crippen molar-refractivity contribution in [1.82, 2.24) is 0 Å². The van der Waals surface area contributed by atoms with Gasteiger partial charge in [0, 0.05) is 5.69 Å². The summed E-state index contributed by atoms with van der Waals surface area (Å²) >= 11 is 0. The molecule has 0 saturated heterocycles. The first-order chi connectivity index (χ1) is 12.8. The van der Waals surface area contributed by atoms with E-state index in [0.717, 1.165) is 6.42 Å². The molecule has 1 rings (SSSR count). The van der Waals surface area contributed by atoms with Gasteiger partial charge in [-0.1, -0.05) is 38.3 Å². The van der Waals surface area contributed by atoms with Crippen LogP contribution in [-0.4, -0.2) is 45.3 Å². The van der Waals surface area contributed by atoms with E-state index < -0.39 is 10.0 Å². The Morgan fingerprint density at radius 2 is 1.37 bits per heavy atom. The fourth-order valence-corrected chi connectivity index (χ4v) is 4.31. The van der Waals surface area contributed by atoms with Gasteiger partial charge in [0.05, 0.1) is 32.4 Å². The van der Waals surface area contributed by atoms with Gasteiger partial charge in [-0.05, 0) is 63.6 Å². The molecule has 1 aromatic carbocycles. The van der Waals surface area contributed by atoms with E-state index in [9.17, 15) is 8.42 Å². The zero-order valence-corrected chi connectivity index (χ0v) is 18.8. The third kappa shape index (κ3) is 10.2. The SMILES string of the molecule is CCCCCCC[N+](CC)(CC)CCCCc1ccc(NS(C)(=O)=O)cc1. The van der Waals surface area contributed by atoms with Crippen LogP contribution in [0.3, 0.4) is 0 Å². The number of sulfonamides is 1. The summed E-state index contributed by atoms with van der Waals surface area (Å²) in [6.45, 7) is 12.0.